The van der Waals surface area contributed by atoms with E-state index in [4.69, 9.17) is 4.74 Å². The lowest BCUT2D eigenvalue weighted by atomic mass is 9.79. The molecule has 8 heteroatoms. The number of aliphatic carboxylic acids is 1. The predicted molar refractivity (Wildman–Crippen MR) is 83.9 cm³/mol. The smallest absolute Gasteiger partial charge is 0.327 e. The summed E-state index contributed by atoms with van der Waals surface area (Å²) in [4.78, 5) is 36.8. The maximum absolute atomic E-state index is 12.2. The standard InChI is InChI=1S/C15H23NO6S/c1-6(2)22-9(18)5-23-13-7(3)11-10(8(4)17)14(19)16(11)12(13)15(20)21/h6-8,10-13,17H,5H2,1-4H3,(H,20,21)/t7-,8-,10-,11-,12?,13+/m1/s1. The zero-order chi connectivity index (χ0) is 17.5. The first-order chi connectivity index (χ1) is 10.7. The maximum atomic E-state index is 12.2. The number of rotatable bonds is 6. The van der Waals surface area contributed by atoms with E-state index in [0.717, 1.165) is 0 Å². The Balaban J connectivity index is 2.11. The molecule has 2 heterocycles. The van der Waals surface area contributed by atoms with Crippen LogP contribution in [0.15, 0.2) is 0 Å². The number of aliphatic hydroxyl groups is 1. The van der Waals surface area contributed by atoms with E-state index in [0.29, 0.717) is 0 Å². The second-order valence-corrected chi connectivity index (χ2v) is 7.63. The van der Waals surface area contributed by atoms with Crippen molar-refractivity contribution in [3.05, 3.63) is 0 Å². The molecule has 2 saturated heterocycles. The number of carboxylic acid groups (broad SMARTS) is 1. The van der Waals surface area contributed by atoms with Crippen LogP contribution < -0.4 is 0 Å². The second kappa shape index (κ2) is 6.68. The number of nitrogens with zero attached hydrogens (tertiary/aromatic N) is 1. The van der Waals surface area contributed by atoms with Gasteiger partial charge in [-0.3, -0.25) is 9.59 Å². The van der Waals surface area contributed by atoms with Gasteiger partial charge < -0.3 is 19.8 Å². The number of thioether (sulfide) groups is 1. The number of carbonyl (C=O) groups excluding carboxylic acids is 2. The van der Waals surface area contributed by atoms with Gasteiger partial charge in [-0.05, 0) is 26.7 Å². The fraction of sp³-hybridized carbons (Fsp3) is 0.800. The summed E-state index contributed by atoms with van der Waals surface area (Å²) in [5.41, 5.74) is 0. The Morgan fingerprint density at radius 2 is 1.96 bits per heavy atom. The summed E-state index contributed by atoms with van der Waals surface area (Å²) in [5, 5.41) is 18.9. The third-order valence-electron chi connectivity index (χ3n) is 4.43. The number of β-lactam (4-membered cyclic amide) rings is 1. The molecule has 0 spiro atoms. The zero-order valence-electron chi connectivity index (χ0n) is 13.6. The van der Waals surface area contributed by atoms with E-state index in [1.807, 2.05) is 6.92 Å². The van der Waals surface area contributed by atoms with Crippen LogP contribution in [0.1, 0.15) is 27.7 Å². The molecule has 2 N–H and O–H groups in total. The summed E-state index contributed by atoms with van der Waals surface area (Å²) < 4.78 is 5.06. The SMILES string of the molecule is CC(C)OC(=O)CS[C@@H]1C(C(=O)O)N2C(=O)[C@H]([C@@H](C)O)[C@H]2[C@H]1C. The van der Waals surface area contributed by atoms with Gasteiger partial charge >= 0.3 is 11.9 Å². The van der Waals surface area contributed by atoms with Crippen molar-refractivity contribution >= 4 is 29.6 Å². The lowest BCUT2D eigenvalue weighted by molar-refractivity contribution is -0.170. The Morgan fingerprint density at radius 1 is 1.35 bits per heavy atom. The number of hydrogen-bond donors (Lipinski definition) is 2. The Labute approximate surface area is 139 Å². The predicted octanol–water partition coefficient (Wildman–Crippen LogP) is 0.351. The third-order valence-corrected chi connectivity index (χ3v) is 5.90. The molecule has 1 unspecified atom stereocenters. The summed E-state index contributed by atoms with van der Waals surface area (Å²) in [6.07, 6.45) is -1.03. The van der Waals surface area contributed by atoms with Gasteiger partial charge in [0.05, 0.1) is 29.9 Å². The van der Waals surface area contributed by atoms with E-state index < -0.39 is 35.3 Å². The lowest BCUT2D eigenvalue weighted by Gasteiger charge is -2.47. The number of ether oxygens (including phenoxy) is 1. The molecule has 2 aliphatic rings. The van der Waals surface area contributed by atoms with E-state index in [1.165, 1.54) is 16.7 Å². The highest BCUT2D eigenvalue weighted by molar-refractivity contribution is 8.00. The van der Waals surface area contributed by atoms with Gasteiger partial charge in [0.15, 0.2) is 0 Å². The molecule has 0 aromatic heterocycles. The maximum Gasteiger partial charge on any atom is 0.327 e. The van der Waals surface area contributed by atoms with E-state index in [2.05, 4.69) is 0 Å². The fourth-order valence-corrected chi connectivity index (χ4v) is 4.85. The van der Waals surface area contributed by atoms with Crippen LogP contribution in [0.4, 0.5) is 0 Å². The highest BCUT2D eigenvalue weighted by atomic mass is 32.2. The molecular weight excluding hydrogens is 322 g/mol. The van der Waals surface area contributed by atoms with Crippen molar-refractivity contribution in [2.75, 3.05) is 5.75 Å². The minimum atomic E-state index is -1.08. The van der Waals surface area contributed by atoms with Gasteiger partial charge in [-0.25, -0.2) is 4.79 Å². The van der Waals surface area contributed by atoms with Gasteiger partial charge in [0.1, 0.15) is 6.04 Å². The number of hydrogen-bond acceptors (Lipinski definition) is 6. The number of carbonyl (C=O) groups is 3. The number of carboxylic acids is 1. The van der Waals surface area contributed by atoms with Crippen LogP contribution in [0.25, 0.3) is 0 Å². The molecule has 1 amide bonds. The van der Waals surface area contributed by atoms with Crippen LogP contribution in [0.2, 0.25) is 0 Å². The largest absolute Gasteiger partial charge is 0.480 e. The van der Waals surface area contributed by atoms with Gasteiger partial charge in [0.25, 0.3) is 0 Å². The summed E-state index contributed by atoms with van der Waals surface area (Å²) in [5.74, 6) is -2.42. The molecule has 130 valence electrons. The average molecular weight is 345 g/mol. The van der Waals surface area contributed by atoms with E-state index in [9.17, 15) is 24.6 Å². The average Bonchev–Trinajstić information content (AvgIpc) is 2.65. The molecule has 0 aromatic rings. The Kier molecular flexibility index (Phi) is 5.25. The molecule has 2 rings (SSSR count). The van der Waals surface area contributed by atoms with Crippen LogP contribution in [-0.4, -0.2) is 68.3 Å². The van der Waals surface area contributed by atoms with Gasteiger partial charge in [0, 0.05) is 5.25 Å². The van der Waals surface area contributed by atoms with Crippen molar-refractivity contribution in [3.63, 3.8) is 0 Å². The molecular formula is C15H23NO6S. The number of esters is 1. The summed E-state index contributed by atoms with van der Waals surface area (Å²) in [6.45, 7) is 6.91. The third kappa shape index (κ3) is 3.19. The van der Waals surface area contributed by atoms with Gasteiger partial charge in [-0.15, -0.1) is 11.8 Å². The fourth-order valence-electron chi connectivity index (χ4n) is 3.55. The summed E-state index contributed by atoms with van der Waals surface area (Å²) >= 11 is 1.21. The summed E-state index contributed by atoms with van der Waals surface area (Å²) in [6, 6.07) is -1.25. The van der Waals surface area contributed by atoms with Crippen molar-refractivity contribution in [2.24, 2.45) is 11.8 Å². The molecule has 6 atom stereocenters. The normalized spacial score (nSPS) is 34.1. The van der Waals surface area contributed by atoms with Crippen LogP contribution in [0.5, 0.6) is 0 Å². The van der Waals surface area contributed by atoms with E-state index >= 15 is 0 Å². The molecule has 2 fully saturated rings. The molecule has 0 aromatic carbocycles. The topological polar surface area (TPSA) is 104 Å². The first-order valence-corrected chi connectivity index (χ1v) is 8.75. The van der Waals surface area contributed by atoms with Crippen molar-refractivity contribution in [1.29, 1.82) is 0 Å². The van der Waals surface area contributed by atoms with Crippen LogP contribution in [0, 0.1) is 11.8 Å². The monoisotopic (exact) mass is 345 g/mol. The van der Waals surface area contributed by atoms with Crippen LogP contribution >= 0.6 is 11.8 Å². The number of amides is 1. The van der Waals surface area contributed by atoms with E-state index in [-0.39, 0.29) is 29.7 Å². The van der Waals surface area contributed by atoms with Crippen molar-refractivity contribution < 1.29 is 29.3 Å². The molecule has 7 nitrogen and oxygen atoms in total. The number of fused-ring (bicyclic) bond motifs is 1. The molecule has 23 heavy (non-hydrogen) atoms. The van der Waals surface area contributed by atoms with Crippen molar-refractivity contribution in [1.82, 2.24) is 4.90 Å². The van der Waals surface area contributed by atoms with Gasteiger partial charge in [0.2, 0.25) is 5.91 Å². The number of aliphatic hydroxyl groups excluding tert-OH is 1. The lowest BCUT2D eigenvalue weighted by Crippen LogP contribution is -2.65. The van der Waals surface area contributed by atoms with E-state index in [1.54, 1.807) is 20.8 Å². The zero-order valence-corrected chi connectivity index (χ0v) is 14.4. The molecule has 0 saturated carbocycles. The molecule has 0 radical (unpaired) electrons. The molecule has 2 aliphatic heterocycles. The highest BCUT2D eigenvalue weighted by Gasteiger charge is 2.64. The van der Waals surface area contributed by atoms with Crippen molar-refractivity contribution in [2.45, 2.75) is 57.2 Å². The van der Waals surface area contributed by atoms with Gasteiger partial charge in [-0.2, -0.15) is 0 Å². The molecule has 0 aliphatic carbocycles. The quantitative estimate of drug-likeness (QED) is 0.529. The van der Waals surface area contributed by atoms with Gasteiger partial charge in [-0.1, -0.05) is 6.92 Å². The minimum absolute atomic E-state index is 0.0467. The van der Waals surface area contributed by atoms with Crippen LogP contribution in [0.3, 0.4) is 0 Å². The highest BCUT2D eigenvalue weighted by Crippen LogP contribution is 2.48. The Bertz CT molecular complexity index is 508. The summed E-state index contributed by atoms with van der Waals surface area (Å²) in [7, 11) is 0. The van der Waals surface area contributed by atoms with Crippen LogP contribution in [-0.2, 0) is 19.1 Å². The molecule has 0 bridgehead atoms. The first-order valence-electron chi connectivity index (χ1n) is 7.71. The Morgan fingerprint density at radius 3 is 2.43 bits per heavy atom. The first kappa shape index (κ1) is 18.1. The minimum Gasteiger partial charge on any atom is -0.480 e. The second-order valence-electron chi connectivity index (χ2n) is 6.46. The van der Waals surface area contributed by atoms with Crippen molar-refractivity contribution in [3.8, 4) is 0 Å². The Hall–Kier alpha value is -1.28.